The zero-order valence-electron chi connectivity index (χ0n) is 8.59. The summed E-state index contributed by atoms with van der Waals surface area (Å²) in [6, 6.07) is 0.361. The van der Waals surface area contributed by atoms with Gasteiger partial charge in [0.25, 0.3) is 0 Å². The van der Waals surface area contributed by atoms with Crippen LogP contribution in [0.1, 0.15) is 51.9 Å². The summed E-state index contributed by atoms with van der Waals surface area (Å²) in [5.74, 6) is 0.935. The van der Waals surface area contributed by atoms with E-state index in [0.717, 1.165) is 18.7 Å². The van der Waals surface area contributed by atoms with Crippen molar-refractivity contribution in [2.75, 3.05) is 0 Å². The van der Waals surface area contributed by atoms with Crippen molar-refractivity contribution in [3.8, 4) is 0 Å². The van der Waals surface area contributed by atoms with E-state index in [1.54, 1.807) is 0 Å². The highest BCUT2D eigenvalue weighted by atomic mass is 16.1. The number of hydrogen-bond acceptors (Lipinski definition) is 1. The summed E-state index contributed by atoms with van der Waals surface area (Å²) >= 11 is 0. The van der Waals surface area contributed by atoms with Gasteiger partial charge in [-0.2, -0.15) is 0 Å². The molecule has 0 aromatic heterocycles. The molecule has 0 spiro atoms. The van der Waals surface area contributed by atoms with Gasteiger partial charge in [-0.15, -0.1) is 0 Å². The lowest BCUT2D eigenvalue weighted by Crippen LogP contribution is -2.25. The topological polar surface area (TPSA) is 29.1 Å². The van der Waals surface area contributed by atoms with Gasteiger partial charge < -0.3 is 5.32 Å². The van der Waals surface area contributed by atoms with E-state index in [2.05, 4.69) is 12.2 Å². The van der Waals surface area contributed by atoms with Crippen LogP contribution >= 0.6 is 0 Å². The maximum atomic E-state index is 10.2. The largest absolute Gasteiger partial charge is 0.356 e. The molecule has 0 aromatic carbocycles. The third kappa shape index (κ3) is 4.30. The summed E-state index contributed by atoms with van der Waals surface area (Å²) in [7, 11) is 0. The minimum atomic E-state index is 0.361. The molecule has 76 valence electrons. The molecule has 0 saturated heterocycles. The highest BCUT2D eigenvalue weighted by Crippen LogP contribution is 2.27. The predicted octanol–water partition coefficient (Wildman–Crippen LogP) is 2.48. The van der Waals surface area contributed by atoms with Crippen molar-refractivity contribution in [2.24, 2.45) is 5.92 Å². The quantitative estimate of drug-likeness (QED) is 0.652. The summed E-state index contributed by atoms with van der Waals surface area (Å²) in [6.07, 6.45) is 10.3. The first-order valence-electron chi connectivity index (χ1n) is 5.52. The second-order valence-corrected chi connectivity index (χ2v) is 4.27. The van der Waals surface area contributed by atoms with Gasteiger partial charge in [0, 0.05) is 6.04 Å². The number of hydrogen-bond donors (Lipinski definition) is 1. The van der Waals surface area contributed by atoms with Gasteiger partial charge in [-0.05, 0) is 25.7 Å². The Balaban J connectivity index is 2.06. The molecule has 1 rings (SSSR count). The van der Waals surface area contributed by atoms with Gasteiger partial charge in [-0.3, -0.25) is 4.79 Å². The number of nitrogens with one attached hydrogen (secondary N) is 1. The van der Waals surface area contributed by atoms with Crippen molar-refractivity contribution < 1.29 is 4.79 Å². The molecular formula is C11H21NO. The molecule has 2 heteroatoms. The maximum absolute atomic E-state index is 10.2. The van der Waals surface area contributed by atoms with E-state index in [0.29, 0.717) is 6.04 Å². The number of carbonyl (C=O) groups excluding carboxylic acids is 1. The molecule has 0 bridgehead atoms. The molecule has 1 saturated carbocycles. The van der Waals surface area contributed by atoms with E-state index in [1.807, 2.05) is 0 Å². The Morgan fingerprint density at radius 3 is 2.69 bits per heavy atom. The Morgan fingerprint density at radius 2 is 2.08 bits per heavy atom. The van der Waals surface area contributed by atoms with Crippen LogP contribution in [-0.2, 0) is 4.79 Å². The zero-order chi connectivity index (χ0) is 9.52. The first-order chi connectivity index (χ1) is 6.33. The number of rotatable bonds is 5. The smallest absolute Gasteiger partial charge is 0.207 e. The van der Waals surface area contributed by atoms with Crippen LogP contribution in [0.2, 0.25) is 0 Å². The molecule has 1 aliphatic rings. The van der Waals surface area contributed by atoms with Crippen molar-refractivity contribution in [1.82, 2.24) is 5.32 Å². The van der Waals surface area contributed by atoms with E-state index in [1.165, 1.54) is 38.5 Å². The van der Waals surface area contributed by atoms with E-state index >= 15 is 0 Å². The summed E-state index contributed by atoms with van der Waals surface area (Å²) in [6.45, 7) is 2.08. The van der Waals surface area contributed by atoms with Crippen molar-refractivity contribution in [2.45, 2.75) is 57.9 Å². The second kappa shape index (κ2) is 6.01. The third-order valence-corrected chi connectivity index (χ3v) is 3.09. The van der Waals surface area contributed by atoms with Crippen LogP contribution in [0.5, 0.6) is 0 Å². The monoisotopic (exact) mass is 183 g/mol. The van der Waals surface area contributed by atoms with E-state index < -0.39 is 0 Å². The Hall–Kier alpha value is -0.530. The predicted molar refractivity (Wildman–Crippen MR) is 54.5 cm³/mol. The minimum Gasteiger partial charge on any atom is -0.356 e. The molecule has 0 aromatic rings. The Morgan fingerprint density at radius 1 is 1.38 bits per heavy atom. The Labute approximate surface area is 81.1 Å². The van der Waals surface area contributed by atoms with E-state index in [4.69, 9.17) is 0 Å². The molecule has 1 aliphatic carbocycles. The fourth-order valence-electron chi connectivity index (χ4n) is 2.16. The van der Waals surface area contributed by atoms with Crippen LogP contribution in [0.3, 0.4) is 0 Å². The van der Waals surface area contributed by atoms with Crippen LogP contribution in [0, 0.1) is 5.92 Å². The summed E-state index contributed by atoms with van der Waals surface area (Å²) < 4.78 is 0. The van der Waals surface area contributed by atoms with Crippen LogP contribution in [-0.4, -0.2) is 12.5 Å². The molecule has 0 aliphatic heterocycles. The van der Waals surface area contributed by atoms with Gasteiger partial charge in [0.1, 0.15) is 0 Å². The molecule has 1 fully saturated rings. The fraction of sp³-hybridized carbons (Fsp3) is 0.909. The van der Waals surface area contributed by atoms with Crippen molar-refractivity contribution >= 4 is 6.41 Å². The van der Waals surface area contributed by atoms with Crippen molar-refractivity contribution in [3.05, 3.63) is 0 Å². The second-order valence-electron chi connectivity index (χ2n) is 4.27. The molecule has 0 radical (unpaired) electrons. The van der Waals surface area contributed by atoms with Crippen molar-refractivity contribution in [1.29, 1.82) is 0 Å². The number of amides is 1. The van der Waals surface area contributed by atoms with Gasteiger partial charge in [0.05, 0.1) is 0 Å². The molecule has 13 heavy (non-hydrogen) atoms. The van der Waals surface area contributed by atoms with E-state index in [-0.39, 0.29) is 0 Å². The average molecular weight is 183 g/mol. The summed E-state index contributed by atoms with van der Waals surface area (Å²) in [5, 5.41) is 2.80. The Kier molecular flexibility index (Phi) is 4.87. The lowest BCUT2D eigenvalue weighted by molar-refractivity contribution is -0.110. The molecular weight excluding hydrogens is 162 g/mol. The minimum absolute atomic E-state index is 0.361. The number of carbonyl (C=O) groups is 1. The van der Waals surface area contributed by atoms with E-state index in [9.17, 15) is 4.79 Å². The van der Waals surface area contributed by atoms with Crippen LogP contribution in [0.15, 0.2) is 0 Å². The normalized spacial score (nSPS) is 21.0. The molecule has 0 heterocycles. The molecule has 1 N–H and O–H groups in total. The van der Waals surface area contributed by atoms with Gasteiger partial charge >= 0.3 is 0 Å². The van der Waals surface area contributed by atoms with Gasteiger partial charge in [0.2, 0.25) is 6.41 Å². The summed E-state index contributed by atoms with van der Waals surface area (Å²) in [4.78, 5) is 10.2. The van der Waals surface area contributed by atoms with Crippen LogP contribution < -0.4 is 5.32 Å². The van der Waals surface area contributed by atoms with Gasteiger partial charge in [-0.1, -0.05) is 32.1 Å². The van der Waals surface area contributed by atoms with Crippen molar-refractivity contribution in [3.63, 3.8) is 0 Å². The first kappa shape index (κ1) is 10.6. The SMILES string of the molecule is CC(CCC1CCCCC1)NC=O. The standard InChI is InChI=1S/C11H21NO/c1-10(12-9-13)7-8-11-5-3-2-4-6-11/h9-11H,2-8H2,1H3,(H,12,13). The molecule has 1 atom stereocenters. The van der Waals surface area contributed by atoms with Gasteiger partial charge in [0.15, 0.2) is 0 Å². The lowest BCUT2D eigenvalue weighted by atomic mass is 9.85. The lowest BCUT2D eigenvalue weighted by Gasteiger charge is -2.22. The summed E-state index contributed by atoms with van der Waals surface area (Å²) in [5.41, 5.74) is 0. The van der Waals surface area contributed by atoms with Crippen LogP contribution in [0.4, 0.5) is 0 Å². The average Bonchev–Trinajstić information content (AvgIpc) is 2.17. The molecule has 1 amide bonds. The van der Waals surface area contributed by atoms with Crippen LogP contribution in [0.25, 0.3) is 0 Å². The zero-order valence-corrected chi connectivity index (χ0v) is 8.59. The highest BCUT2D eigenvalue weighted by molar-refractivity contribution is 5.46. The first-order valence-corrected chi connectivity index (χ1v) is 5.52. The Bertz CT molecular complexity index is 141. The van der Waals surface area contributed by atoms with Gasteiger partial charge in [-0.25, -0.2) is 0 Å². The molecule has 1 unspecified atom stereocenters. The third-order valence-electron chi connectivity index (χ3n) is 3.09. The fourth-order valence-corrected chi connectivity index (χ4v) is 2.16. The highest BCUT2D eigenvalue weighted by Gasteiger charge is 2.13. The maximum Gasteiger partial charge on any atom is 0.207 e. The molecule has 2 nitrogen and oxygen atoms in total.